The molecule has 0 aliphatic heterocycles. The lowest BCUT2D eigenvalue weighted by atomic mass is 10.1. The number of rotatable bonds is 6. The summed E-state index contributed by atoms with van der Waals surface area (Å²) in [5.41, 5.74) is -2.62. The molecule has 10 heteroatoms. The van der Waals surface area contributed by atoms with E-state index in [1.807, 2.05) is 0 Å². The molecule has 0 bridgehead atoms. The van der Waals surface area contributed by atoms with Gasteiger partial charge < -0.3 is 15.4 Å². The number of ether oxygens (including phenoxy) is 1. The van der Waals surface area contributed by atoms with Gasteiger partial charge in [-0.3, -0.25) is 4.79 Å². The van der Waals surface area contributed by atoms with Gasteiger partial charge in [0.15, 0.2) is 0 Å². The minimum absolute atomic E-state index is 0.0227. The molecule has 28 heavy (non-hydrogen) atoms. The van der Waals surface area contributed by atoms with Crippen molar-refractivity contribution in [2.24, 2.45) is 0 Å². The van der Waals surface area contributed by atoms with Crippen LogP contribution in [0.4, 0.5) is 32.0 Å². The Kier molecular flexibility index (Phi) is 6.42. The molecule has 2 aromatic carbocycles. The Morgan fingerprint density at radius 3 is 1.93 bits per heavy atom. The summed E-state index contributed by atoms with van der Waals surface area (Å²) >= 11 is 0. The number of nitrogens with one attached hydrogen (secondary N) is 2. The summed E-state index contributed by atoms with van der Waals surface area (Å²) in [5.74, 6) is 0.0311. The molecule has 0 aromatic heterocycles. The van der Waals surface area contributed by atoms with Gasteiger partial charge in [-0.15, -0.1) is 0 Å². The fraction of sp³-hybridized carbons (Fsp3) is 0.278. The van der Waals surface area contributed by atoms with Gasteiger partial charge in [0.2, 0.25) is 5.91 Å². The molecule has 152 valence electrons. The second-order valence-electron chi connectivity index (χ2n) is 5.77. The van der Waals surface area contributed by atoms with E-state index in [1.54, 1.807) is 24.3 Å². The van der Waals surface area contributed by atoms with Gasteiger partial charge in [0.25, 0.3) is 0 Å². The lowest BCUT2D eigenvalue weighted by Gasteiger charge is -2.15. The van der Waals surface area contributed by atoms with Crippen molar-refractivity contribution >= 4 is 11.6 Å². The predicted octanol–water partition coefficient (Wildman–Crippen LogP) is 4.46. The van der Waals surface area contributed by atoms with E-state index in [2.05, 4.69) is 10.6 Å². The van der Waals surface area contributed by atoms with E-state index in [1.165, 1.54) is 7.11 Å². The van der Waals surface area contributed by atoms with Gasteiger partial charge in [-0.1, -0.05) is 12.1 Å². The summed E-state index contributed by atoms with van der Waals surface area (Å²) in [7, 11) is 1.50. The molecule has 0 aliphatic rings. The van der Waals surface area contributed by atoms with E-state index >= 15 is 0 Å². The van der Waals surface area contributed by atoms with Crippen molar-refractivity contribution in [1.29, 1.82) is 0 Å². The Balaban J connectivity index is 2.01. The highest BCUT2D eigenvalue weighted by Crippen LogP contribution is 2.37. The highest BCUT2D eigenvalue weighted by atomic mass is 19.4. The van der Waals surface area contributed by atoms with E-state index < -0.39 is 41.6 Å². The summed E-state index contributed by atoms with van der Waals surface area (Å²) in [6, 6.07) is 7.83. The molecular formula is C18H16F6N2O2. The third-order valence-corrected chi connectivity index (χ3v) is 3.69. The van der Waals surface area contributed by atoms with Crippen molar-refractivity contribution in [1.82, 2.24) is 5.32 Å². The van der Waals surface area contributed by atoms with Crippen LogP contribution in [-0.2, 0) is 23.7 Å². The van der Waals surface area contributed by atoms with Gasteiger partial charge in [0.05, 0.1) is 24.8 Å². The van der Waals surface area contributed by atoms with E-state index in [0.29, 0.717) is 17.9 Å². The molecule has 2 N–H and O–H groups in total. The molecule has 0 aliphatic carbocycles. The number of halogens is 6. The Hall–Kier alpha value is -2.91. The molecule has 4 nitrogen and oxygen atoms in total. The lowest BCUT2D eigenvalue weighted by Crippen LogP contribution is -2.29. The fourth-order valence-electron chi connectivity index (χ4n) is 2.25. The number of anilines is 1. The molecule has 0 unspecified atom stereocenters. The second-order valence-corrected chi connectivity index (χ2v) is 5.77. The average Bonchev–Trinajstić information content (AvgIpc) is 2.63. The van der Waals surface area contributed by atoms with E-state index in [9.17, 15) is 31.1 Å². The van der Waals surface area contributed by atoms with Crippen molar-refractivity contribution in [3.8, 4) is 5.75 Å². The summed E-state index contributed by atoms with van der Waals surface area (Å²) in [6.07, 6.45) is -9.90. The third-order valence-electron chi connectivity index (χ3n) is 3.69. The van der Waals surface area contributed by atoms with Crippen molar-refractivity contribution < 1.29 is 35.9 Å². The normalized spacial score (nSPS) is 11.8. The Morgan fingerprint density at radius 2 is 1.46 bits per heavy atom. The first kappa shape index (κ1) is 21.4. The molecule has 0 heterocycles. The first-order valence-corrected chi connectivity index (χ1v) is 7.92. The SMILES string of the molecule is COc1ccc(CNC(=O)CNc2cc(C(F)(F)F)cc(C(F)(F)F)c2)cc1. The summed E-state index contributed by atoms with van der Waals surface area (Å²) in [4.78, 5) is 11.8. The van der Waals surface area contributed by atoms with E-state index in [4.69, 9.17) is 4.74 Å². The molecule has 0 saturated heterocycles. The molecule has 2 rings (SSSR count). The maximum Gasteiger partial charge on any atom is 0.416 e. The van der Waals surface area contributed by atoms with Crippen LogP contribution in [0.25, 0.3) is 0 Å². The van der Waals surface area contributed by atoms with Crippen LogP contribution in [0.5, 0.6) is 5.75 Å². The Labute approximate surface area is 156 Å². The summed E-state index contributed by atoms with van der Waals surface area (Å²) < 4.78 is 81.9. The predicted molar refractivity (Wildman–Crippen MR) is 89.8 cm³/mol. The number of carbonyl (C=O) groups is 1. The van der Waals surface area contributed by atoms with Gasteiger partial charge in [-0.05, 0) is 35.9 Å². The van der Waals surface area contributed by atoms with Crippen LogP contribution >= 0.6 is 0 Å². The molecule has 0 spiro atoms. The van der Waals surface area contributed by atoms with Crippen LogP contribution in [0, 0.1) is 0 Å². The molecule has 0 fully saturated rings. The number of carbonyl (C=O) groups excluding carboxylic acids is 1. The minimum Gasteiger partial charge on any atom is -0.497 e. The number of benzene rings is 2. The molecule has 0 saturated carbocycles. The zero-order valence-corrected chi connectivity index (χ0v) is 14.5. The first-order chi connectivity index (χ1) is 13.0. The molecule has 0 radical (unpaired) electrons. The van der Waals surface area contributed by atoms with Crippen LogP contribution in [0.15, 0.2) is 42.5 Å². The van der Waals surface area contributed by atoms with Crippen molar-refractivity contribution in [3.05, 3.63) is 59.2 Å². The number of alkyl halides is 6. The summed E-state index contributed by atoms with van der Waals surface area (Å²) in [5, 5.41) is 4.80. The van der Waals surface area contributed by atoms with Crippen molar-refractivity contribution in [2.45, 2.75) is 18.9 Å². The smallest absolute Gasteiger partial charge is 0.416 e. The molecular weight excluding hydrogens is 390 g/mol. The Bertz CT molecular complexity index is 784. The van der Waals surface area contributed by atoms with Gasteiger partial charge >= 0.3 is 12.4 Å². The van der Waals surface area contributed by atoms with E-state index in [0.717, 1.165) is 5.56 Å². The maximum absolute atomic E-state index is 12.8. The molecule has 1 amide bonds. The Morgan fingerprint density at radius 1 is 0.929 bits per heavy atom. The van der Waals surface area contributed by atoms with Crippen LogP contribution in [0.3, 0.4) is 0 Å². The van der Waals surface area contributed by atoms with Crippen molar-refractivity contribution in [3.63, 3.8) is 0 Å². The minimum atomic E-state index is -4.95. The standard InChI is InChI=1S/C18H16F6N2O2/c1-28-15-4-2-11(3-5-15)9-26-16(27)10-25-14-7-12(17(19,20)21)6-13(8-14)18(22,23)24/h2-8,25H,9-10H2,1H3,(H,26,27). The first-order valence-electron chi connectivity index (χ1n) is 7.92. The highest BCUT2D eigenvalue weighted by Gasteiger charge is 2.36. The van der Waals surface area contributed by atoms with Gasteiger partial charge in [0.1, 0.15) is 5.75 Å². The largest absolute Gasteiger partial charge is 0.497 e. The van der Waals surface area contributed by atoms with Crippen LogP contribution < -0.4 is 15.4 Å². The van der Waals surface area contributed by atoms with Gasteiger partial charge in [-0.25, -0.2) is 0 Å². The van der Waals surface area contributed by atoms with E-state index in [-0.39, 0.29) is 12.6 Å². The van der Waals surface area contributed by atoms with Crippen LogP contribution in [0.2, 0.25) is 0 Å². The number of hydrogen-bond acceptors (Lipinski definition) is 3. The van der Waals surface area contributed by atoms with Crippen LogP contribution in [0.1, 0.15) is 16.7 Å². The second kappa shape index (κ2) is 8.41. The monoisotopic (exact) mass is 406 g/mol. The number of hydrogen-bond donors (Lipinski definition) is 2. The van der Waals surface area contributed by atoms with Crippen molar-refractivity contribution in [2.75, 3.05) is 19.0 Å². The lowest BCUT2D eigenvalue weighted by molar-refractivity contribution is -0.143. The maximum atomic E-state index is 12.8. The number of methoxy groups -OCH3 is 1. The average molecular weight is 406 g/mol. The highest BCUT2D eigenvalue weighted by molar-refractivity contribution is 5.80. The molecule has 0 atom stereocenters. The zero-order valence-electron chi connectivity index (χ0n) is 14.5. The third kappa shape index (κ3) is 6.07. The van der Waals surface area contributed by atoms with Gasteiger partial charge in [-0.2, -0.15) is 26.3 Å². The number of amides is 1. The summed E-state index contributed by atoms with van der Waals surface area (Å²) in [6.45, 7) is -0.352. The quantitative estimate of drug-likeness (QED) is 0.697. The topological polar surface area (TPSA) is 50.4 Å². The fourth-order valence-corrected chi connectivity index (χ4v) is 2.25. The van der Waals surface area contributed by atoms with Crippen LogP contribution in [-0.4, -0.2) is 19.6 Å². The van der Waals surface area contributed by atoms with Gasteiger partial charge in [0, 0.05) is 12.2 Å². The zero-order chi connectivity index (χ0) is 20.9. The molecule has 2 aromatic rings.